The maximum atomic E-state index is 12.6. The molecule has 0 aliphatic heterocycles. The van der Waals surface area contributed by atoms with Gasteiger partial charge in [-0.25, -0.2) is 9.97 Å². The molecule has 0 saturated heterocycles. The van der Waals surface area contributed by atoms with Gasteiger partial charge >= 0.3 is 0 Å². The van der Waals surface area contributed by atoms with Crippen molar-refractivity contribution in [1.29, 1.82) is 0 Å². The number of benzene rings is 2. The molecule has 154 valence electrons. The molecular weight excluding hydrogens is 424 g/mol. The minimum atomic E-state index is -3.86. The van der Waals surface area contributed by atoms with Gasteiger partial charge in [0.15, 0.2) is 21.7 Å². The van der Waals surface area contributed by atoms with E-state index in [1.165, 1.54) is 30.7 Å². The highest BCUT2D eigenvalue weighted by atomic mass is 32.2. The first-order chi connectivity index (χ1) is 14.5. The first-order valence-corrected chi connectivity index (χ1v) is 11.2. The summed E-state index contributed by atoms with van der Waals surface area (Å²) in [5.74, 6) is 0.439. The number of sulfonamides is 1. The van der Waals surface area contributed by atoms with Crippen molar-refractivity contribution in [2.24, 2.45) is 0 Å². The Labute approximate surface area is 177 Å². The van der Waals surface area contributed by atoms with Crippen LogP contribution in [-0.4, -0.2) is 30.6 Å². The second-order valence-corrected chi connectivity index (χ2v) is 8.96. The predicted octanol–water partition coefficient (Wildman–Crippen LogP) is 3.82. The topological polar surface area (TPSA) is 113 Å². The molecule has 2 aromatic heterocycles. The Balaban J connectivity index is 1.46. The third-order valence-electron chi connectivity index (χ3n) is 4.31. The lowest BCUT2D eigenvalue weighted by Crippen LogP contribution is -2.14. The third kappa shape index (κ3) is 4.14. The molecule has 30 heavy (non-hydrogen) atoms. The number of nitrogens with zero attached hydrogens (tertiary/aromatic N) is 2. The fraction of sp³-hybridized carbons (Fsp3) is 0.100. The molecule has 4 rings (SSSR count). The van der Waals surface area contributed by atoms with Crippen LogP contribution in [0.15, 0.2) is 65.8 Å². The van der Waals surface area contributed by atoms with Crippen LogP contribution in [0.4, 0.5) is 10.8 Å². The van der Waals surface area contributed by atoms with E-state index < -0.39 is 10.0 Å². The summed E-state index contributed by atoms with van der Waals surface area (Å²) in [5, 5.41) is 13.4. The molecule has 0 bridgehead atoms. The fourth-order valence-corrected chi connectivity index (χ4v) is 4.83. The summed E-state index contributed by atoms with van der Waals surface area (Å²) >= 11 is 1.26. The normalized spacial score (nSPS) is 11.4. The van der Waals surface area contributed by atoms with E-state index >= 15 is 0 Å². The van der Waals surface area contributed by atoms with Crippen molar-refractivity contribution in [3.8, 4) is 11.5 Å². The van der Waals surface area contributed by atoms with E-state index in [4.69, 9.17) is 4.74 Å². The van der Waals surface area contributed by atoms with Crippen molar-refractivity contribution in [3.05, 3.63) is 66.4 Å². The Hall–Kier alpha value is -3.37. The molecule has 0 amide bonds. The average molecular weight is 443 g/mol. The van der Waals surface area contributed by atoms with E-state index in [1.807, 2.05) is 24.3 Å². The number of nitrogens with one attached hydrogen (secondary N) is 2. The zero-order chi connectivity index (χ0) is 21.1. The number of methoxy groups -OCH3 is 1. The quantitative estimate of drug-likeness (QED) is 0.399. The summed E-state index contributed by atoms with van der Waals surface area (Å²) in [5.41, 5.74) is 1.98. The summed E-state index contributed by atoms with van der Waals surface area (Å²) in [4.78, 5) is 8.33. The van der Waals surface area contributed by atoms with Crippen LogP contribution in [0.3, 0.4) is 0 Å². The van der Waals surface area contributed by atoms with Crippen molar-refractivity contribution in [3.63, 3.8) is 0 Å². The van der Waals surface area contributed by atoms with Gasteiger partial charge in [0, 0.05) is 12.1 Å². The molecule has 0 unspecified atom stereocenters. The van der Waals surface area contributed by atoms with Crippen LogP contribution in [0.5, 0.6) is 11.5 Å². The number of phenolic OH excluding ortho intramolecular Hbond substituents is 1. The lowest BCUT2D eigenvalue weighted by Gasteiger charge is -2.11. The maximum absolute atomic E-state index is 12.6. The number of aromatic nitrogens is 2. The Morgan fingerprint density at radius 1 is 1.10 bits per heavy atom. The van der Waals surface area contributed by atoms with Crippen molar-refractivity contribution >= 4 is 42.4 Å². The van der Waals surface area contributed by atoms with E-state index in [9.17, 15) is 13.5 Å². The lowest BCUT2D eigenvalue weighted by molar-refractivity contribution is 0.371. The van der Waals surface area contributed by atoms with Gasteiger partial charge in [-0.1, -0.05) is 35.6 Å². The van der Waals surface area contributed by atoms with Crippen molar-refractivity contribution in [2.75, 3.05) is 17.1 Å². The molecule has 0 spiro atoms. The number of para-hydroxylation sites is 2. The summed E-state index contributed by atoms with van der Waals surface area (Å²) in [7, 11) is -2.37. The van der Waals surface area contributed by atoms with Crippen LogP contribution in [-0.2, 0) is 16.6 Å². The zero-order valence-electron chi connectivity index (χ0n) is 15.9. The standard InChI is InChI=1S/C20H18N4O4S2/c1-28-16-7-4-5-13(19(16)25)11-21-14-9-10-18(22-12-14)30(26,27)24-20-23-15-6-2-3-8-17(15)29-20/h2-10,12,21,25H,11H2,1H3,(H,23,24). The molecule has 0 aliphatic carbocycles. The van der Waals surface area contributed by atoms with Gasteiger partial charge in [0.1, 0.15) is 0 Å². The number of phenols is 1. The van der Waals surface area contributed by atoms with Gasteiger partial charge in [0.05, 0.1) is 29.2 Å². The molecule has 0 atom stereocenters. The summed E-state index contributed by atoms with van der Waals surface area (Å²) in [6.45, 7) is 0.320. The average Bonchev–Trinajstić information content (AvgIpc) is 3.15. The smallest absolute Gasteiger partial charge is 0.281 e. The van der Waals surface area contributed by atoms with Crippen molar-refractivity contribution in [2.45, 2.75) is 11.6 Å². The molecule has 10 heteroatoms. The molecule has 2 aromatic carbocycles. The lowest BCUT2D eigenvalue weighted by atomic mass is 10.2. The van der Waals surface area contributed by atoms with E-state index in [0.29, 0.717) is 23.5 Å². The fourth-order valence-electron chi connectivity index (χ4n) is 2.80. The summed E-state index contributed by atoms with van der Waals surface area (Å²) < 4.78 is 33.7. The van der Waals surface area contributed by atoms with Crippen LogP contribution in [0, 0.1) is 0 Å². The molecule has 8 nitrogen and oxygen atoms in total. The van der Waals surface area contributed by atoms with E-state index in [2.05, 4.69) is 20.0 Å². The molecule has 0 saturated carbocycles. The van der Waals surface area contributed by atoms with E-state index in [-0.39, 0.29) is 15.9 Å². The number of anilines is 2. The molecule has 2 heterocycles. The Morgan fingerprint density at radius 3 is 2.67 bits per heavy atom. The maximum Gasteiger partial charge on any atom is 0.281 e. The second-order valence-electron chi connectivity index (χ2n) is 6.30. The number of hydrogen-bond acceptors (Lipinski definition) is 8. The summed E-state index contributed by atoms with van der Waals surface area (Å²) in [6.07, 6.45) is 1.42. The van der Waals surface area contributed by atoms with Crippen LogP contribution >= 0.6 is 11.3 Å². The molecule has 0 fully saturated rings. The number of hydrogen-bond donors (Lipinski definition) is 3. The monoisotopic (exact) mass is 442 g/mol. The number of thiazole rings is 1. The highest BCUT2D eigenvalue weighted by molar-refractivity contribution is 7.92. The molecule has 3 N–H and O–H groups in total. The van der Waals surface area contributed by atoms with Gasteiger partial charge in [0.25, 0.3) is 10.0 Å². The molecule has 0 radical (unpaired) electrons. The minimum Gasteiger partial charge on any atom is -0.504 e. The Bertz CT molecular complexity index is 1250. The van der Waals surface area contributed by atoms with Crippen molar-refractivity contribution < 1.29 is 18.3 Å². The highest BCUT2D eigenvalue weighted by Crippen LogP contribution is 2.30. The minimum absolute atomic E-state index is 0.0553. The summed E-state index contributed by atoms with van der Waals surface area (Å²) in [6, 6.07) is 15.6. The number of pyridine rings is 1. The van der Waals surface area contributed by atoms with Gasteiger partial charge in [-0.2, -0.15) is 8.42 Å². The number of ether oxygens (including phenoxy) is 1. The van der Waals surface area contributed by atoms with Crippen LogP contribution in [0.1, 0.15) is 5.56 Å². The van der Waals surface area contributed by atoms with Crippen LogP contribution in [0.25, 0.3) is 10.2 Å². The van der Waals surface area contributed by atoms with Crippen molar-refractivity contribution in [1.82, 2.24) is 9.97 Å². The third-order valence-corrected chi connectivity index (χ3v) is 6.65. The molecule has 4 aromatic rings. The first-order valence-electron chi connectivity index (χ1n) is 8.89. The molecule has 0 aliphatic rings. The van der Waals surface area contributed by atoms with Gasteiger partial charge in [-0.15, -0.1) is 0 Å². The van der Waals surface area contributed by atoms with Crippen LogP contribution < -0.4 is 14.8 Å². The highest BCUT2D eigenvalue weighted by Gasteiger charge is 2.18. The van der Waals surface area contributed by atoms with Gasteiger partial charge in [-0.05, 0) is 30.3 Å². The first kappa shape index (κ1) is 19.9. The largest absolute Gasteiger partial charge is 0.504 e. The molecular formula is C20H18N4O4S2. The van der Waals surface area contributed by atoms with E-state index in [1.54, 1.807) is 24.3 Å². The van der Waals surface area contributed by atoms with Gasteiger partial charge in [-0.3, -0.25) is 4.72 Å². The Morgan fingerprint density at radius 2 is 1.93 bits per heavy atom. The van der Waals surface area contributed by atoms with Gasteiger partial charge < -0.3 is 15.2 Å². The number of rotatable bonds is 7. The zero-order valence-corrected chi connectivity index (χ0v) is 17.5. The number of fused-ring (bicyclic) bond motifs is 1. The second kappa shape index (κ2) is 8.17. The Kier molecular flexibility index (Phi) is 5.42. The number of aromatic hydroxyl groups is 1. The van der Waals surface area contributed by atoms with E-state index in [0.717, 1.165) is 10.2 Å². The van der Waals surface area contributed by atoms with Gasteiger partial charge in [0.2, 0.25) is 0 Å². The van der Waals surface area contributed by atoms with Crippen LogP contribution in [0.2, 0.25) is 0 Å². The predicted molar refractivity (Wildman–Crippen MR) is 117 cm³/mol. The SMILES string of the molecule is COc1cccc(CNc2ccc(S(=O)(=O)Nc3nc4ccccc4s3)nc2)c1O.